The molecule has 9 heteroatoms. The summed E-state index contributed by atoms with van der Waals surface area (Å²) in [7, 11) is 1.66. The van der Waals surface area contributed by atoms with Gasteiger partial charge in [0.15, 0.2) is 0 Å². The maximum atomic E-state index is 14.6. The van der Waals surface area contributed by atoms with E-state index in [1.165, 1.54) is 18.2 Å². The highest BCUT2D eigenvalue weighted by Gasteiger charge is 2.13. The molecule has 2 N–H and O–H groups in total. The zero-order chi connectivity index (χ0) is 22.2. The molecule has 1 aromatic heterocycles. The minimum atomic E-state index is -0.530. The smallest absolute Gasteiger partial charge is 0.230 e. The van der Waals surface area contributed by atoms with Crippen molar-refractivity contribution in [2.45, 2.75) is 19.8 Å². The molecule has 0 saturated carbocycles. The summed E-state index contributed by atoms with van der Waals surface area (Å²) in [6, 6.07) is 4.55. The summed E-state index contributed by atoms with van der Waals surface area (Å²) < 4.78 is 27.8. The summed E-state index contributed by atoms with van der Waals surface area (Å²) in [5.41, 5.74) is 2.18. The lowest BCUT2D eigenvalue weighted by atomic mass is 10.0. The van der Waals surface area contributed by atoms with Gasteiger partial charge in [-0.1, -0.05) is 18.2 Å². The Morgan fingerprint density at radius 2 is 1.97 bits per heavy atom. The van der Waals surface area contributed by atoms with E-state index in [0.29, 0.717) is 17.1 Å². The number of carbonyl (C=O) groups excluding carboxylic acids is 1. The van der Waals surface area contributed by atoms with E-state index < -0.39 is 11.7 Å². The Bertz CT molecular complexity index is 1070. The summed E-state index contributed by atoms with van der Waals surface area (Å²) >= 11 is 0. The van der Waals surface area contributed by atoms with Gasteiger partial charge in [-0.2, -0.15) is 0 Å². The topological polar surface area (TPSA) is 91.6 Å². The first-order chi connectivity index (χ1) is 15.0. The summed E-state index contributed by atoms with van der Waals surface area (Å²) in [5, 5.41) is 5.51. The molecule has 0 radical (unpaired) electrons. The maximum absolute atomic E-state index is 14.6. The molecule has 0 atom stereocenters. The fourth-order valence-corrected chi connectivity index (χ4v) is 2.84. The third-order valence-electron chi connectivity index (χ3n) is 4.42. The summed E-state index contributed by atoms with van der Waals surface area (Å²) in [6.45, 7) is 2.14. The van der Waals surface area contributed by atoms with Crippen LogP contribution >= 0.6 is 0 Å². The third kappa shape index (κ3) is 6.11. The van der Waals surface area contributed by atoms with Gasteiger partial charge in [0.1, 0.15) is 17.5 Å². The van der Waals surface area contributed by atoms with Crippen molar-refractivity contribution >= 4 is 23.9 Å². The molecule has 3 rings (SSSR count). The van der Waals surface area contributed by atoms with Gasteiger partial charge in [0.25, 0.3) is 0 Å². The molecule has 2 heterocycles. The normalized spacial score (nSPS) is 14.3. The second kappa shape index (κ2) is 10.3. The predicted molar refractivity (Wildman–Crippen MR) is 117 cm³/mol. The van der Waals surface area contributed by atoms with Crippen molar-refractivity contribution in [1.82, 2.24) is 15.3 Å². The first-order valence-corrected chi connectivity index (χ1v) is 9.65. The Morgan fingerprint density at radius 3 is 2.61 bits per heavy atom. The largest absolute Gasteiger partial charge is 0.323 e. The molecule has 1 amide bonds. The fourth-order valence-electron chi connectivity index (χ4n) is 2.84. The molecule has 0 spiro atoms. The van der Waals surface area contributed by atoms with Crippen LogP contribution in [0.1, 0.15) is 18.9 Å². The van der Waals surface area contributed by atoms with Gasteiger partial charge in [-0.15, -0.1) is 0 Å². The van der Waals surface area contributed by atoms with Crippen LogP contribution in [0, 0.1) is 5.82 Å². The van der Waals surface area contributed by atoms with Crippen LogP contribution in [-0.4, -0.2) is 41.5 Å². The quantitative estimate of drug-likeness (QED) is 0.693. The van der Waals surface area contributed by atoms with Gasteiger partial charge >= 0.3 is 0 Å². The van der Waals surface area contributed by atoms with E-state index in [1.807, 2.05) is 13.0 Å². The second-order valence-corrected chi connectivity index (χ2v) is 6.69. The standard InChI is InChI=1S/C22H22F2N6O/c1-3-18(13-25-2)29-22-27-11-16(12-28-22)14-4-5-15(19(24)8-14)9-21(31)30-20-10-17(23)6-7-26-20/h3-5,8,10-13H,6-7,9H2,1-2H3,(H,26,30,31)(H,27,28,29)/b18-3+,25-13?. The third-order valence-corrected chi connectivity index (χ3v) is 4.42. The molecule has 1 aromatic carbocycles. The van der Waals surface area contributed by atoms with Gasteiger partial charge in [-0.25, -0.2) is 18.7 Å². The van der Waals surface area contributed by atoms with Crippen LogP contribution < -0.4 is 10.6 Å². The average molecular weight is 424 g/mol. The SMILES string of the molecule is C/C=C(\C=NC)Nc1ncc(-c2ccc(CC(=O)NC3=NCCC(F)=C3)c(F)c2)cn1. The van der Waals surface area contributed by atoms with Crippen LogP contribution in [0.25, 0.3) is 11.1 Å². The number of nitrogens with one attached hydrogen (secondary N) is 2. The number of hydrogen-bond donors (Lipinski definition) is 2. The average Bonchev–Trinajstić information content (AvgIpc) is 2.75. The van der Waals surface area contributed by atoms with Gasteiger partial charge in [0, 0.05) is 50.3 Å². The van der Waals surface area contributed by atoms with Crippen LogP contribution in [0.2, 0.25) is 0 Å². The van der Waals surface area contributed by atoms with Crippen LogP contribution in [0.15, 0.2) is 64.3 Å². The van der Waals surface area contributed by atoms with E-state index in [-0.39, 0.29) is 36.6 Å². The first kappa shape index (κ1) is 21.9. The van der Waals surface area contributed by atoms with E-state index in [2.05, 4.69) is 30.6 Å². The molecule has 0 fully saturated rings. The number of aromatic nitrogens is 2. The Morgan fingerprint density at radius 1 is 1.19 bits per heavy atom. The summed E-state index contributed by atoms with van der Waals surface area (Å²) in [6.07, 6.45) is 7.85. The molecule has 0 unspecified atom stereocenters. The van der Waals surface area contributed by atoms with Crippen LogP contribution in [0.3, 0.4) is 0 Å². The number of allylic oxidation sites excluding steroid dienone is 2. The zero-order valence-electron chi connectivity index (χ0n) is 17.2. The number of carbonyl (C=O) groups is 1. The zero-order valence-corrected chi connectivity index (χ0v) is 17.2. The number of dihydropyridines is 1. The van der Waals surface area contributed by atoms with Crippen molar-refractivity contribution in [3.05, 3.63) is 65.6 Å². The number of aliphatic imine (C=N–C) groups is 2. The lowest BCUT2D eigenvalue weighted by Gasteiger charge is -2.10. The molecule has 0 saturated heterocycles. The lowest BCUT2D eigenvalue weighted by Crippen LogP contribution is -2.32. The van der Waals surface area contributed by atoms with E-state index in [4.69, 9.17) is 0 Å². The van der Waals surface area contributed by atoms with Crippen LogP contribution in [0.4, 0.5) is 14.7 Å². The number of amides is 1. The van der Waals surface area contributed by atoms with Gasteiger partial charge < -0.3 is 10.6 Å². The Kier molecular flexibility index (Phi) is 7.31. The van der Waals surface area contributed by atoms with E-state index in [9.17, 15) is 13.6 Å². The van der Waals surface area contributed by atoms with E-state index in [1.54, 1.807) is 31.7 Å². The van der Waals surface area contributed by atoms with Crippen molar-refractivity contribution in [3.63, 3.8) is 0 Å². The van der Waals surface area contributed by atoms with Crippen LogP contribution in [0.5, 0.6) is 0 Å². The predicted octanol–water partition coefficient (Wildman–Crippen LogP) is 3.61. The number of rotatable bonds is 6. The number of nitrogens with zero attached hydrogens (tertiary/aromatic N) is 4. The van der Waals surface area contributed by atoms with Gasteiger partial charge in [0.2, 0.25) is 11.9 Å². The van der Waals surface area contributed by atoms with Crippen molar-refractivity contribution in [2.75, 3.05) is 18.9 Å². The molecule has 1 aliphatic heterocycles. The number of benzene rings is 1. The highest BCUT2D eigenvalue weighted by molar-refractivity contribution is 6.05. The lowest BCUT2D eigenvalue weighted by molar-refractivity contribution is -0.119. The van der Waals surface area contributed by atoms with E-state index >= 15 is 0 Å². The molecule has 2 aromatic rings. The molecular weight excluding hydrogens is 402 g/mol. The first-order valence-electron chi connectivity index (χ1n) is 9.65. The van der Waals surface area contributed by atoms with Crippen molar-refractivity contribution in [3.8, 4) is 11.1 Å². The van der Waals surface area contributed by atoms with Crippen molar-refractivity contribution < 1.29 is 13.6 Å². The number of amidine groups is 1. The summed E-state index contributed by atoms with van der Waals surface area (Å²) in [5.74, 6) is -0.794. The molecule has 160 valence electrons. The minimum absolute atomic E-state index is 0.155. The number of hydrogen-bond acceptors (Lipinski definition) is 6. The van der Waals surface area contributed by atoms with Gasteiger partial charge in [-0.3, -0.25) is 14.8 Å². The maximum Gasteiger partial charge on any atom is 0.230 e. The molecule has 0 aliphatic carbocycles. The Labute approximate surface area is 178 Å². The monoisotopic (exact) mass is 424 g/mol. The Hall–Kier alpha value is -3.75. The highest BCUT2D eigenvalue weighted by atomic mass is 19.1. The second-order valence-electron chi connectivity index (χ2n) is 6.69. The summed E-state index contributed by atoms with van der Waals surface area (Å²) in [4.78, 5) is 28.6. The van der Waals surface area contributed by atoms with Gasteiger partial charge in [-0.05, 0) is 24.1 Å². The minimum Gasteiger partial charge on any atom is -0.323 e. The fraction of sp³-hybridized carbons (Fsp3) is 0.227. The molecule has 31 heavy (non-hydrogen) atoms. The molecule has 0 bridgehead atoms. The molecular formula is C22H22F2N6O. The number of anilines is 1. The highest BCUT2D eigenvalue weighted by Crippen LogP contribution is 2.22. The van der Waals surface area contributed by atoms with E-state index in [0.717, 1.165) is 5.70 Å². The van der Waals surface area contributed by atoms with Crippen molar-refractivity contribution in [2.24, 2.45) is 9.98 Å². The van der Waals surface area contributed by atoms with Crippen molar-refractivity contribution in [1.29, 1.82) is 0 Å². The van der Waals surface area contributed by atoms with Gasteiger partial charge in [0.05, 0.1) is 12.1 Å². The van der Waals surface area contributed by atoms with Crippen LogP contribution in [-0.2, 0) is 11.2 Å². The molecule has 1 aliphatic rings. The Balaban J connectivity index is 1.66. The number of halogens is 2. The molecule has 7 nitrogen and oxygen atoms in total.